The fraction of sp³-hybridized carbons (Fsp3) is 0.286. The summed E-state index contributed by atoms with van der Waals surface area (Å²) in [6, 6.07) is 7.35. The van der Waals surface area contributed by atoms with Gasteiger partial charge in [0.1, 0.15) is 18.3 Å². The van der Waals surface area contributed by atoms with E-state index in [0.717, 1.165) is 12.8 Å². The molecule has 30 heavy (non-hydrogen) atoms. The SMILES string of the molecule is CCCCOc1c(Cl)cc(C(=O)Nc2ccc(-n3cncn3)c(F)c2)cc1OCC. The lowest BCUT2D eigenvalue weighted by atomic mass is 10.1. The maximum atomic E-state index is 14.4. The van der Waals surface area contributed by atoms with Gasteiger partial charge >= 0.3 is 0 Å². The molecule has 0 unspecified atom stereocenters. The monoisotopic (exact) mass is 432 g/mol. The van der Waals surface area contributed by atoms with E-state index in [1.165, 1.54) is 35.5 Å². The standard InChI is InChI=1S/C21H22ClFN4O3/c1-3-5-8-30-20-16(22)9-14(10-19(20)29-4-2)21(28)26-15-6-7-18(17(23)11-15)27-13-24-12-25-27/h6-7,9-13H,3-5,8H2,1-2H3,(H,26,28). The molecule has 2 aromatic carbocycles. The lowest BCUT2D eigenvalue weighted by Gasteiger charge is -2.15. The summed E-state index contributed by atoms with van der Waals surface area (Å²) in [5.74, 6) is -0.206. The van der Waals surface area contributed by atoms with Crippen LogP contribution in [0.5, 0.6) is 11.5 Å². The summed E-state index contributed by atoms with van der Waals surface area (Å²) in [7, 11) is 0. The fourth-order valence-corrected chi connectivity index (χ4v) is 2.99. The number of nitrogens with one attached hydrogen (secondary N) is 1. The normalized spacial score (nSPS) is 10.7. The molecule has 3 aromatic rings. The van der Waals surface area contributed by atoms with Crippen molar-refractivity contribution in [2.24, 2.45) is 0 Å². The second kappa shape index (κ2) is 10.1. The van der Waals surface area contributed by atoms with E-state index in [1.807, 2.05) is 6.92 Å². The summed E-state index contributed by atoms with van der Waals surface area (Å²) in [5, 5.41) is 6.83. The highest BCUT2D eigenvalue weighted by Crippen LogP contribution is 2.37. The molecule has 0 saturated carbocycles. The molecule has 0 saturated heterocycles. The van der Waals surface area contributed by atoms with Crippen LogP contribution in [0.25, 0.3) is 5.69 Å². The molecule has 3 rings (SSSR count). The number of carbonyl (C=O) groups is 1. The van der Waals surface area contributed by atoms with Gasteiger partial charge in [-0.25, -0.2) is 14.1 Å². The molecule has 0 aliphatic carbocycles. The number of unbranched alkanes of at least 4 members (excludes halogenated alkanes) is 1. The molecular weight excluding hydrogens is 411 g/mol. The van der Waals surface area contributed by atoms with Crippen molar-refractivity contribution >= 4 is 23.2 Å². The van der Waals surface area contributed by atoms with Crippen molar-refractivity contribution in [1.82, 2.24) is 14.8 Å². The third-order valence-electron chi connectivity index (χ3n) is 4.19. The Bertz CT molecular complexity index is 1010. The Morgan fingerprint density at radius 3 is 2.73 bits per heavy atom. The zero-order chi connectivity index (χ0) is 21.5. The Balaban J connectivity index is 1.80. The number of ether oxygens (including phenoxy) is 2. The number of hydrogen-bond acceptors (Lipinski definition) is 5. The molecule has 0 bridgehead atoms. The number of carbonyl (C=O) groups excluding carboxylic acids is 1. The van der Waals surface area contributed by atoms with E-state index < -0.39 is 11.7 Å². The predicted molar refractivity (Wildman–Crippen MR) is 112 cm³/mol. The maximum Gasteiger partial charge on any atom is 0.255 e. The van der Waals surface area contributed by atoms with Gasteiger partial charge < -0.3 is 14.8 Å². The van der Waals surface area contributed by atoms with Crippen LogP contribution in [0.4, 0.5) is 10.1 Å². The van der Waals surface area contributed by atoms with Crippen LogP contribution in [-0.4, -0.2) is 33.9 Å². The molecule has 158 valence electrons. The van der Waals surface area contributed by atoms with E-state index in [0.29, 0.717) is 30.4 Å². The third-order valence-corrected chi connectivity index (χ3v) is 4.47. The summed E-state index contributed by atoms with van der Waals surface area (Å²) in [4.78, 5) is 16.5. The average Bonchev–Trinajstić information content (AvgIpc) is 3.24. The Morgan fingerprint density at radius 1 is 1.23 bits per heavy atom. The molecule has 0 aliphatic rings. The number of amides is 1. The molecule has 9 heteroatoms. The highest BCUT2D eigenvalue weighted by Gasteiger charge is 2.17. The number of nitrogens with zero attached hydrogens (tertiary/aromatic N) is 3. The lowest BCUT2D eigenvalue weighted by molar-refractivity contribution is 0.102. The van der Waals surface area contributed by atoms with Crippen LogP contribution in [0.3, 0.4) is 0 Å². The van der Waals surface area contributed by atoms with Crippen LogP contribution in [0.2, 0.25) is 5.02 Å². The zero-order valence-electron chi connectivity index (χ0n) is 16.7. The Morgan fingerprint density at radius 2 is 2.07 bits per heavy atom. The fourth-order valence-electron chi connectivity index (χ4n) is 2.73. The van der Waals surface area contributed by atoms with Gasteiger partial charge in [0, 0.05) is 11.3 Å². The van der Waals surface area contributed by atoms with Crippen molar-refractivity contribution in [3.8, 4) is 17.2 Å². The molecule has 0 aliphatic heterocycles. The molecule has 0 fully saturated rings. The lowest BCUT2D eigenvalue weighted by Crippen LogP contribution is -2.13. The van der Waals surface area contributed by atoms with Crippen LogP contribution < -0.4 is 14.8 Å². The van der Waals surface area contributed by atoms with Gasteiger partial charge in [-0.2, -0.15) is 5.10 Å². The van der Waals surface area contributed by atoms with Gasteiger partial charge in [0.15, 0.2) is 17.3 Å². The van der Waals surface area contributed by atoms with Crippen molar-refractivity contribution in [1.29, 1.82) is 0 Å². The molecule has 1 heterocycles. The number of halogens is 2. The maximum absolute atomic E-state index is 14.4. The minimum atomic E-state index is -0.550. The molecule has 0 radical (unpaired) electrons. The molecule has 1 aromatic heterocycles. The summed E-state index contributed by atoms with van der Waals surface area (Å²) < 4.78 is 27.0. The van der Waals surface area contributed by atoms with Crippen LogP contribution in [0.1, 0.15) is 37.0 Å². The number of aromatic nitrogens is 3. The van der Waals surface area contributed by atoms with E-state index in [4.69, 9.17) is 21.1 Å². The first-order valence-electron chi connectivity index (χ1n) is 9.58. The smallest absolute Gasteiger partial charge is 0.255 e. The van der Waals surface area contributed by atoms with Crippen LogP contribution in [0.15, 0.2) is 43.0 Å². The van der Waals surface area contributed by atoms with Gasteiger partial charge in [0.25, 0.3) is 5.91 Å². The van der Waals surface area contributed by atoms with Gasteiger partial charge in [-0.15, -0.1) is 0 Å². The summed E-state index contributed by atoms with van der Waals surface area (Å²) in [6.07, 6.45) is 4.55. The highest BCUT2D eigenvalue weighted by atomic mass is 35.5. The van der Waals surface area contributed by atoms with Crippen molar-refractivity contribution < 1.29 is 18.7 Å². The molecule has 0 atom stereocenters. The van der Waals surface area contributed by atoms with Gasteiger partial charge in [-0.3, -0.25) is 4.79 Å². The number of rotatable bonds is 9. The summed E-state index contributed by atoms with van der Waals surface area (Å²) in [6.45, 7) is 4.78. The van der Waals surface area contributed by atoms with E-state index >= 15 is 0 Å². The number of hydrogen-bond donors (Lipinski definition) is 1. The van der Waals surface area contributed by atoms with Gasteiger partial charge in [0.2, 0.25) is 0 Å². The highest BCUT2D eigenvalue weighted by molar-refractivity contribution is 6.32. The Kier molecular flexibility index (Phi) is 7.24. The molecule has 1 amide bonds. The van der Waals surface area contributed by atoms with Crippen LogP contribution in [-0.2, 0) is 0 Å². The largest absolute Gasteiger partial charge is 0.490 e. The minimum absolute atomic E-state index is 0.223. The average molecular weight is 433 g/mol. The topological polar surface area (TPSA) is 78.3 Å². The second-order valence-electron chi connectivity index (χ2n) is 6.38. The summed E-state index contributed by atoms with van der Waals surface area (Å²) >= 11 is 6.34. The van der Waals surface area contributed by atoms with Crippen molar-refractivity contribution in [3.05, 3.63) is 59.4 Å². The summed E-state index contributed by atoms with van der Waals surface area (Å²) in [5.41, 5.74) is 0.784. The van der Waals surface area contributed by atoms with Crippen molar-refractivity contribution in [2.45, 2.75) is 26.7 Å². The van der Waals surface area contributed by atoms with Crippen LogP contribution in [0, 0.1) is 5.82 Å². The van der Waals surface area contributed by atoms with E-state index in [9.17, 15) is 9.18 Å². The molecule has 0 spiro atoms. The first-order chi connectivity index (χ1) is 14.5. The number of benzene rings is 2. The molecule has 7 nitrogen and oxygen atoms in total. The third kappa shape index (κ3) is 5.07. The van der Waals surface area contributed by atoms with E-state index in [2.05, 4.69) is 22.3 Å². The van der Waals surface area contributed by atoms with Gasteiger partial charge in [0.05, 0.1) is 18.2 Å². The Hall–Kier alpha value is -3.13. The van der Waals surface area contributed by atoms with Crippen LogP contribution >= 0.6 is 11.6 Å². The molecule has 1 N–H and O–H groups in total. The first-order valence-corrected chi connectivity index (χ1v) is 9.96. The second-order valence-corrected chi connectivity index (χ2v) is 6.79. The van der Waals surface area contributed by atoms with E-state index in [-0.39, 0.29) is 16.3 Å². The zero-order valence-corrected chi connectivity index (χ0v) is 17.4. The Labute approximate surface area is 178 Å². The quantitative estimate of drug-likeness (QED) is 0.487. The van der Waals surface area contributed by atoms with E-state index in [1.54, 1.807) is 12.1 Å². The van der Waals surface area contributed by atoms with Gasteiger partial charge in [-0.1, -0.05) is 24.9 Å². The first kappa shape index (κ1) is 21.6. The van der Waals surface area contributed by atoms with Crippen molar-refractivity contribution in [2.75, 3.05) is 18.5 Å². The number of anilines is 1. The predicted octanol–water partition coefficient (Wildman–Crippen LogP) is 4.89. The molecular formula is C21H22ClFN4O3. The van der Waals surface area contributed by atoms with Crippen molar-refractivity contribution in [3.63, 3.8) is 0 Å². The minimum Gasteiger partial charge on any atom is -0.490 e. The van der Waals surface area contributed by atoms with Gasteiger partial charge in [-0.05, 0) is 43.7 Å².